The molecular formula is C14H17FN4O2. The highest BCUT2D eigenvalue weighted by Gasteiger charge is 2.25. The van der Waals surface area contributed by atoms with E-state index in [1.165, 1.54) is 6.20 Å². The van der Waals surface area contributed by atoms with Gasteiger partial charge in [-0.15, -0.1) is 0 Å². The van der Waals surface area contributed by atoms with Crippen molar-refractivity contribution in [3.8, 4) is 0 Å². The average Bonchev–Trinajstić information content (AvgIpc) is 3.02. The molecule has 2 aromatic rings. The minimum absolute atomic E-state index is 0.192. The van der Waals surface area contributed by atoms with E-state index in [4.69, 9.17) is 4.74 Å². The van der Waals surface area contributed by atoms with Gasteiger partial charge in [-0.1, -0.05) is 0 Å². The maximum atomic E-state index is 13.3. The minimum Gasteiger partial charge on any atom is -0.459 e. The molecule has 0 spiro atoms. The highest BCUT2D eigenvalue weighted by molar-refractivity contribution is 5.96. The van der Waals surface area contributed by atoms with Crippen LogP contribution in [0.5, 0.6) is 0 Å². The first-order valence-electron chi connectivity index (χ1n) is 6.98. The lowest BCUT2D eigenvalue weighted by molar-refractivity contribution is 0.0377. The summed E-state index contributed by atoms with van der Waals surface area (Å²) in [5.74, 6) is 0.216. The number of alkyl halides is 1. The molecule has 0 saturated carbocycles. The van der Waals surface area contributed by atoms with Crippen LogP contribution in [0.1, 0.15) is 30.6 Å². The van der Waals surface area contributed by atoms with E-state index in [0.29, 0.717) is 41.9 Å². The summed E-state index contributed by atoms with van der Waals surface area (Å²) in [7, 11) is 0. The molecule has 1 fully saturated rings. The maximum Gasteiger partial charge on any atom is 0.339 e. The van der Waals surface area contributed by atoms with Crippen molar-refractivity contribution in [2.24, 2.45) is 0 Å². The third-order valence-corrected chi connectivity index (χ3v) is 3.41. The Kier molecular flexibility index (Phi) is 3.48. The van der Waals surface area contributed by atoms with Crippen LogP contribution in [0, 0.1) is 0 Å². The zero-order chi connectivity index (χ0) is 15.0. The summed E-state index contributed by atoms with van der Waals surface area (Å²) in [6.45, 7) is 4.51. The predicted molar refractivity (Wildman–Crippen MR) is 76.2 cm³/mol. The molecule has 1 aliphatic heterocycles. The molecule has 112 valence electrons. The number of carbonyl (C=O) groups is 1. The van der Waals surface area contributed by atoms with Gasteiger partial charge in [0.15, 0.2) is 11.5 Å². The lowest BCUT2D eigenvalue weighted by Crippen LogP contribution is -2.20. The van der Waals surface area contributed by atoms with Crippen molar-refractivity contribution >= 4 is 22.8 Å². The van der Waals surface area contributed by atoms with Crippen LogP contribution in [0.3, 0.4) is 0 Å². The number of pyridine rings is 1. The van der Waals surface area contributed by atoms with Crippen LogP contribution >= 0.6 is 0 Å². The van der Waals surface area contributed by atoms with Crippen molar-refractivity contribution in [2.45, 2.75) is 32.5 Å². The second-order valence-corrected chi connectivity index (χ2v) is 5.45. The van der Waals surface area contributed by atoms with E-state index in [0.717, 1.165) is 0 Å². The second-order valence-electron chi connectivity index (χ2n) is 5.45. The Morgan fingerprint density at radius 1 is 1.57 bits per heavy atom. The van der Waals surface area contributed by atoms with Crippen LogP contribution in [0.2, 0.25) is 0 Å². The monoisotopic (exact) mass is 292 g/mol. The van der Waals surface area contributed by atoms with Gasteiger partial charge in [0.2, 0.25) is 0 Å². The van der Waals surface area contributed by atoms with Crippen molar-refractivity contribution in [1.82, 2.24) is 15.2 Å². The van der Waals surface area contributed by atoms with Crippen molar-refractivity contribution < 1.29 is 13.9 Å². The molecule has 1 N–H and O–H groups in total. The molecule has 0 unspecified atom stereocenters. The van der Waals surface area contributed by atoms with E-state index in [1.807, 2.05) is 4.90 Å². The minimum atomic E-state index is -0.834. The summed E-state index contributed by atoms with van der Waals surface area (Å²) in [5, 5.41) is 7.71. The van der Waals surface area contributed by atoms with Crippen LogP contribution in [-0.2, 0) is 4.74 Å². The number of esters is 1. The third-order valence-electron chi connectivity index (χ3n) is 3.41. The summed E-state index contributed by atoms with van der Waals surface area (Å²) in [5.41, 5.74) is 0.947. The number of halogens is 1. The van der Waals surface area contributed by atoms with E-state index in [-0.39, 0.29) is 6.10 Å². The largest absolute Gasteiger partial charge is 0.459 e. The van der Waals surface area contributed by atoms with E-state index in [1.54, 1.807) is 19.9 Å². The Morgan fingerprint density at radius 3 is 3.05 bits per heavy atom. The smallest absolute Gasteiger partial charge is 0.339 e. The first-order valence-corrected chi connectivity index (χ1v) is 6.98. The number of carbonyl (C=O) groups excluding carboxylic acids is 1. The van der Waals surface area contributed by atoms with E-state index >= 15 is 0 Å². The zero-order valence-corrected chi connectivity index (χ0v) is 12.0. The summed E-state index contributed by atoms with van der Waals surface area (Å²) in [6, 6.07) is 1.69. The fourth-order valence-electron chi connectivity index (χ4n) is 2.44. The number of aromatic nitrogens is 3. The SMILES string of the molecule is CC(C)OC(=O)c1cnc2[nH]nc(N3CC[C@H](F)C3)c2c1. The average molecular weight is 292 g/mol. The first kappa shape index (κ1) is 13.8. The molecule has 3 heterocycles. The number of hydrogen-bond donors (Lipinski definition) is 1. The number of nitrogens with one attached hydrogen (secondary N) is 1. The van der Waals surface area contributed by atoms with E-state index in [9.17, 15) is 9.18 Å². The van der Waals surface area contributed by atoms with E-state index < -0.39 is 12.1 Å². The van der Waals surface area contributed by atoms with Gasteiger partial charge in [-0.3, -0.25) is 5.10 Å². The summed E-state index contributed by atoms with van der Waals surface area (Å²) in [4.78, 5) is 18.0. The van der Waals surface area contributed by atoms with Crippen molar-refractivity contribution in [3.05, 3.63) is 17.8 Å². The summed E-state index contributed by atoms with van der Waals surface area (Å²) in [6.07, 6.45) is 0.926. The Morgan fingerprint density at radius 2 is 2.38 bits per heavy atom. The van der Waals surface area contributed by atoms with Crippen molar-refractivity contribution in [2.75, 3.05) is 18.0 Å². The Balaban J connectivity index is 1.94. The molecule has 7 heteroatoms. The number of H-pyrrole nitrogens is 1. The zero-order valence-electron chi connectivity index (χ0n) is 12.0. The van der Waals surface area contributed by atoms with Crippen LogP contribution in [-0.4, -0.2) is 46.5 Å². The van der Waals surface area contributed by atoms with Crippen LogP contribution in [0.15, 0.2) is 12.3 Å². The topological polar surface area (TPSA) is 71.1 Å². The predicted octanol–water partition coefficient (Wildman–Crippen LogP) is 2.07. The molecule has 2 aromatic heterocycles. The molecule has 0 aliphatic carbocycles. The van der Waals surface area contributed by atoms with Gasteiger partial charge in [0.05, 0.1) is 23.6 Å². The van der Waals surface area contributed by atoms with Crippen LogP contribution in [0.25, 0.3) is 11.0 Å². The lowest BCUT2D eigenvalue weighted by Gasteiger charge is -2.14. The number of aromatic amines is 1. The molecule has 1 saturated heterocycles. The molecule has 0 radical (unpaired) electrons. The van der Waals surface area contributed by atoms with E-state index in [2.05, 4.69) is 15.2 Å². The fourth-order valence-corrected chi connectivity index (χ4v) is 2.44. The standard InChI is InChI=1S/C14H17FN4O2/c1-8(2)21-14(20)9-5-11-12(16-6-9)17-18-13(11)19-4-3-10(15)7-19/h5-6,8,10H,3-4,7H2,1-2H3,(H,16,17,18)/t10-/m0/s1. The van der Waals surface area contributed by atoms with Gasteiger partial charge in [-0.2, -0.15) is 5.10 Å². The van der Waals surface area contributed by atoms with Crippen LogP contribution < -0.4 is 4.90 Å². The number of anilines is 1. The quantitative estimate of drug-likeness (QED) is 0.877. The molecule has 0 bridgehead atoms. The van der Waals surface area contributed by atoms with Gasteiger partial charge >= 0.3 is 5.97 Å². The van der Waals surface area contributed by atoms with Gasteiger partial charge in [-0.25, -0.2) is 14.2 Å². The molecule has 0 amide bonds. The van der Waals surface area contributed by atoms with Gasteiger partial charge in [0, 0.05) is 12.7 Å². The third kappa shape index (κ3) is 2.68. The molecular weight excluding hydrogens is 275 g/mol. The normalized spacial score (nSPS) is 18.7. The fraction of sp³-hybridized carbons (Fsp3) is 0.500. The number of ether oxygens (including phenoxy) is 1. The Hall–Kier alpha value is -2.18. The molecule has 1 aliphatic rings. The Labute approximate surface area is 121 Å². The first-order chi connectivity index (χ1) is 10.0. The number of fused-ring (bicyclic) bond motifs is 1. The molecule has 0 aromatic carbocycles. The molecule has 6 nitrogen and oxygen atoms in total. The summed E-state index contributed by atoms with van der Waals surface area (Å²) < 4.78 is 18.5. The summed E-state index contributed by atoms with van der Waals surface area (Å²) >= 11 is 0. The second kappa shape index (κ2) is 5.31. The van der Waals surface area contributed by atoms with Gasteiger partial charge < -0.3 is 9.64 Å². The van der Waals surface area contributed by atoms with Crippen molar-refractivity contribution in [3.63, 3.8) is 0 Å². The number of nitrogens with zero attached hydrogens (tertiary/aromatic N) is 3. The van der Waals surface area contributed by atoms with Gasteiger partial charge in [0.1, 0.15) is 6.17 Å². The Bertz CT molecular complexity index is 670. The molecule has 3 rings (SSSR count). The lowest BCUT2D eigenvalue weighted by atomic mass is 10.2. The van der Waals surface area contributed by atoms with Crippen molar-refractivity contribution in [1.29, 1.82) is 0 Å². The number of rotatable bonds is 3. The highest BCUT2D eigenvalue weighted by atomic mass is 19.1. The number of hydrogen-bond acceptors (Lipinski definition) is 5. The maximum absolute atomic E-state index is 13.3. The molecule has 1 atom stereocenters. The molecule has 21 heavy (non-hydrogen) atoms. The van der Waals surface area contributed by atoms with Crippen LogP contribution in [0.4, 0.5) is 10.2 Å². The van der Waals surface area contributed by atoms with Gasteiger partial charge in [-0.05, 0) is 26.3 Å². The highest BCUT2D eigenvalue weighted by Crippen LogP contribution is 2.27. The van der Waals surface area contributed by atoms with Gasteiger partial charge in [0.25, 0.3) is 0 Å².